The molecule has 0 spiro atoms. The Hall–Kier alpha value is -1.64. The second kappa shape index (κ2) is 9.34. The molecule has 0 radical (unpaired) electrons. The minimum atomic E-state index is -3.58. The summed E-state index contributed by atoms with van der Waals surface area (Å²) in [5, 5.41) is 6.14. The second-order valence-electron chi connectivity index (χ2n) is 6.66. The molecule has 0 aliphatic carbocycles. The van der Waals surface area contributed by atoms with Gasteiger partial charge in [-0.15, -0.1) is 0 Å². The molecule has 146 valence electrons. The summed E-state index contributed by atoms with van der Waals surface area (Å²) in [4.78, 5) is 12.5. The summed E-state index contributed by atoms with van der Waals surface area (Å²) in [6, 6.07) is 4.54. The fraction of sp³-hybridized carbons (Fsp3) is 0.611. The van der Waals surface area contributed by atoms with Crippen LogP contribution in [0.5, 0.6) is 5.75 Å². The van der Waals surface area contributed by atoms with Crippen molar-refractivity contribution in [1.82, 2.24) is 9.62 Å². The van der Waals surface area contributed by atoms with E-state index in [1.165, 1.54) is 26.2 Å². The minimum absolute atomic E-state index is 0.121. The van der Waals surface area contributed by atoms with Gasteiger partial charge in [0, 0.05) is 20.5 Å². The van der Waals surface area contributed by atoms with Crippen molar-refractivity contribution in [2.75, 3.05) is 39.1 Å². The molecule has 8 heteroatoms. The number of benzene rings is 1. The van der Waals surface area contributed by atoms with Gasteiger partial charge in [-0.2, -0.15) is 0 Å². The van der Waals surface area contributed by atoms with Gasteiger partial charge < -0.3 is 15.4 Å². The van der Waals surface area contributed by atoms with E-state index in [1.807, 2.05) is 6.92 Å². The number of carbonyl (C=O) groups is 1. The van der Waals surface area contributed by atoms with E-state index < -0.39 is 10.0 Å². The summed E-state index contributed by atoms with van der Waals surface area (Å²) in [6.45, 7) is 4.28. The first-order chi connectivity index (χ1) is 12.3. The molecule has 1 aliphatic heterocycles. The molecule has 1 aromatic carbocycles. The molecule has 0 bridgehead atoms. The van der Waals surface area contributed by atoms with Crippen LogP contribution in [0.25, 0.3) is 0 Å². The lowest BCUT2D eigenvalue weighted by Gasteiger charge is -2.22. The standard InChI is InChI=1S/C18H29N3O4S/c1-4-25-17-7-6-15(26(23,24)21(2)3)13-16(17)20-18(22)8-5-14-9-11-19-12-10-14/h6-7,13-14,19H,4-5,8-12H2,1-3H3,(H,20,22). The highest BCUT2D eigenvalue weighted by molar-refractivity contribution is 7.89. The molecule has 2 rings (SSSR count). The monoisotopic (exact) mass is 383 g/mol. The largest absolute Gasteiger partial charge is 0.492 e. The normalized spacial score (nSPS) is 15.8. The van der Waals surface area contributed by atoms with Crippen molar-refractivity contribution in [3.63, 3.8) is 0 Å². The number of nitrogens with zero attached hydrogens (tertiary/aromatic N) is 1. The van der Waals surface area contributed by atoms with Gasteiger partial charge in [0.2, 0.25) is 15.9 Å². The fourth-order valence-electron chi connectivity index (χ4n) is 2.98. The number of hydrogen-bond donors (Lipinski definition) is 2. The molecule has 0 saturated carbocycles. The van der Waals surface area contributed by atoms with Crippen LogP contribution in [0.15, 0.2) is 23.1 Å². The zero-order valence-electron chi connectivity index (χ0n) is 15.7. The lowest BCUT2D eigenvalue weighted by Crippen LogP contribution is -2.28. The van der Waals surface area contributed by atoms with Gasteiger partial charge in [-0.1, -0.05) is 0 Å². The maximum Gasteiger partial charge on any atom is 0.242 e. The number of carbonyl (C=O) groups excluding carboxylic acids is 1. The summed E-state index contributed by atoms with van der Waals surface area (Å²) in [6.07, 6.45) is 3.44. The van der Waals surface area contributed by atoms with Crippen LogP contribution in [0.3, 0.4) is 0 Å². The third-order valence-electron chi connectivity index (χ3n) is 4.54. The van der Waals surface area contributed by atoms with E-state index in [4.69, 9.17) is 4.74 Å². The van der Waals surface area contributed by atoms with Crippen LogP contribution in [0.4, 0.5) is 5.69 Å². The smallest absolute Gasteiger partial charge is 0.242 e. The van der Waals surface area contributed by atoms with E-state index in [0.29, 0.717) is 30.4 Å². The molecular formula is C18H29N3O4S. The number of hydrogen-bond acceptors (Lipinski definition) is 5. The van der Waals surface area contributed by atoms with E-state index in [2.05, 4.69) is 10.6 Å². The van der Waals surface area contributed by atoms with Crippen LogP contribution in [0, 0.1) is 5.92 Å². The van der Waals surface area contributed by atoms with Crippen molar-refractivity contribution in [2.24, 2.45) is 5.92 Å². The number of rotatable bonds is 8. The van der Waals surface area contributed by atoms with Crippen molar-refractivity contribution in [1.29, 1.82) is 0 Å². The minimum Gasteiger partial charge on any atom is -0.492 e. The molecule has 1 heterocycles. The Morgan fingerprint density at radius 2 is 2.00 bits per heavy atom. The summed E-state index contributed by atoms with van der Waals surface area (Å²) in [5.41, 5.74) is 0.394. The number of anilines is 1. The molecule has 0 aromatic heterocycles. The van der Waals surface area contributed by atoms with Gasteiger partial charge in [0.25, 0.3) is 0 Å². The second-order valence-corrected chi connectivity index (χ2v) is 8.81. The van der Waals surface area contributed by atoms with Crippen molar-refractivity contribution >= 4 is 21.6 Å². The average Bonchev–Trinajstić information content (AvgIpc) is 2.62. The Morgan fingerprint density at radius 1 is 1.31 bits per heavy atom. The Morgan fingerprint density at radius 3 is 2.62 bits per heavy atom. The van der Waals surface area contributed by atoms with E-state index in [-0.39, 0.29) is 10.8 Å². The van der Waals surface area contributed by atoms with Crippen molar-refractivity contribution < 1.29 is 17.9 Å². The van der Waals surface area contributed by atoms with E-state index >= 15 is 0 Å². The zero-order chi connectivity index (χ0) is 19.2. The van der Waals surface area contributed by atoms with Gasteiger partial charge in [-0.3, -0.25) is 4.79 Å². The van der Waals surface area contributed by atoms with E-state index in [0.717, 1.165) is 36.7 Å². The highest BCUT2D eigenvalue weighted by atomic mass is 32.2. The van der Waals surface area contributed by atoms with Gasteiger partial charge in [-0.25, -0.2) is 12.7 Å². The number of piperidine rings is 1. The van der Waals surface area contributed by atoms with Gasteiger partial charge in [0.15, 0.2) is 0 Å². The quantitative estimate of drug-likeness (QED) is 0.717. The summed E-state index contributed by atoms with van der Waals surface area (Å²) >= 11 is 0. The molecule has 0 atom stereocenters. The number of nitrogens with one attached hydrogen (secondary N) is 2. The Labute approximate surface area is 156 Å². The predicted octanol–water partition coefficient (Wildman–Crippen LogP) is 2.05. The number of amides is 1. The molecule has 1 amide bonds. The first-order valence-electron chi connectivity index (χ1n) is 9.04. The van der Waals surface area contributed by atoms with Crippen LogP contribution >= 0.6 is 0 Å². The van der Waals surface area contributed by atoms with Crippen molar-refractivity contribution in [3.8, 4) is 5.75 Å². The Kier molecular flexibility index (Phi) is 7.43. The Bertz CT molecular complexity index is 713. The van der Waals surface area contributed by atoms with E-state index in [9.17, 15) is 13.2 Å². The molecular weight excluding hydrogens is 354 g/mol. The topological polar surface area (TPSA) is 87.7 Å². The third kappa shape index (κ3) is 5.43. The average molecular weight is 384 g/mol. The zero-order valence-corrected chi connectivity index (χ0v) is 16.6. The molecule has 1 fully saturated rings. The fourth-order valence-corrected chi connectivity index (χ4v) is 3.91. The van der Waals surface area contributed by atoms with Crippen LogP contribution in [-0.2, 0) is 14.8 Å². The first-order valence-corrected chi connectivity index (χ1v) is 10.5. The molecule has 26 heavy (non-hydrogen) atoms. The SMILES string of the molecule is CCOc1ccc(S(=O)(=O)N(C)C)cc1NC(=O)CCC1CCNCC1. The Balaban J connectivity index is 2.10. The van der Waals surface area contributed by atoms with Gasteiger partial charge in [-0.05, 0) is 63.4 Å². The first kappa shape index (κ1) is 20.7. The highest BCUT2D eigenvalue weighted by Gasteiger charge is 2.20. The highest BCUT2D eigenvalue weighted by Crippen LogP contribution is 2.29. The summed E-state index contributed by atoms with van der Waals surface area (Å²) < 4.78 is 31.3. The third-order valence-corrected chi connectivity index (χ3v) is 6.35. The molecule has 0 unspecified atom stereocenters. The predicted molar refractivity (Wildman–Crippen MR) is 102 cm³/mol. The molecule has 1 aliphatic rings. The van der Waals surface area contributed by atoms with Crippen molar-refractivity contribution in [2.45, 2.75) is 37.5 Å². The summed E-state index contributed by atoms with van der Waals surface area (Å²) in [7, 11) is -0.626. The van der Waals surface area contributed by atoms with Gasteiger partial charge in [0.05, 0.1) is 17.2 Å². The molecule has 1 aromatic rings. The number of ether oxygens (including phenoxy) is 1. The molecule has 1 saturated heterocycles. The van der Waals surface area contributed by atoms with Gasteiger partial charge >= 0.3 is 0 Å². The lowest BCUT2D eigenvalue weighted by molar-refractivity contribution is -0.116. The maximum absolute atomic E-state index is 12.4. The van der Waals surface area contributed by atoms with E-state index in [1.54, 1.807) is 6.07 Å². The lowest BCUT2D eigenvalue weighted by atomic mass is 9.93. The van der Waals surface area contributed by atoms with Crippen molar-refractivity contribution in [3.05, 3.63) is 18.2 Å². The van der Waals surface area contributed by atoms with Gasteiger partial charge in [0.1, 0.15) is 5.75 Å². The maximum atomic E-state index is 12.4. The summed E-state index contributed by atoms with van der Waals surface area (Å²) in [5.74, 6) is 0.915. The molecule has 2 N–H and O–H groups in total. The number of sulfonamides is 1. The van der Waals surface area contributed by atoms with Crippen LogP contribution < -0.4 is 15.4 Å². The van der Waals surface area contributed by atoms with Crippen LogP contribution in [0.1, 0.15) is 32.6 Å². The molecule has 7 nitrogen and oxygen atoms in total. The van der Waals surface area contributed by atoms with Crippen LogP contribution in [0.2, 0.25) is 0 Å². The van der Waals surface area contributed by atoms with Crippen LogP contribution in [-0.4, -0.2) is 52.4 Å².